The number of aromatic nitrogens is 2. The third kappa shape index (κ3) is 4.12. The van der Waals surface area contributed by atoms with E-state index in [0.717, 1.165) is 0 Å². The number of halogens is 1. The first-order valence-corrected chi connectivity index (χ1v) is 8.02. The van der Waals surface area contributed by atoms with Crippen molar-refractivity contribution in [2.45, 2.75) is 40.2 Å². The van der Waals surface area contributed by atoms with E-state index in [1.165, 1.54) is 10.8 Å². The van der Waals surface area contributed by atoms with Crippen molar-refractivity contribution in [3.8, 4) is 11.8 Å². The maximum atomic E-state index is 12.3. The summed E-state index contributed by atoms with van der Waals surface area (Å²) in [7, 11) is 0. The summed E-state index contributed by atoms with van der Waals surface area (Å²) in [4.78, 5) is 27.9. The minimum Gasteiger partial charge on any atom is -0.443 e. The van der Waals surface area contributed by atoms with Crippen molar-refractivity contribution >= 4 is 34.6 Å². The molecule has 0 aromatic carbocycles. The molecule has 0 fully saturated rings. The lowest BCUT2D eigenvalue weighted by molar-refractivity contribution is -0.123. The lowest BCUT2D eigenvalue weighted by Gasteiger charge is -2.19. The van der Waals surface area contributed by atoms with Crippen molar-refractivity contribution in [1.82, 2.24) is 9.55 Å². The van der Waals surface area contributed by atoms with Gasteiger partial charge in [0.15, 0.2) is 5.65 Å². The molecule has 2 heterocycles. The van der Waals surface area contributed by atoms with E-state index >= 15 is 0 Å². The molecule has 0 bridgehead atoms. The van der Waals surface area contributed by atoms with Crippen LogP contribution >= 0.6 is 11.6 Å². The normalized spacial score (nSPS) is 11.8. The fourth-order valence-electron chi connectivity index (χ4n) is 1.93. The highest BCUT2D eigenvalue weighted by atomic mass is 35.5. The molecule has 6 nitrogen and oxygen atoms in total. The third-order valence-electron chi connectivity index (χ3n) is 3.37. The quantitative estimate of drug-likeness (QED) is 0.789. The maximum absolute atomic E-state index is 12.3. The molecule has 0 atom stereocenters. The Hall–Kier alpha value is -2.52. The van der Waals surface area contributed by atoms with E-state index in [0.29, 0.717) is 21.6 Å². The second kappa shape index (κ2) is 6.41. The van der Waals surface area contributed by atoms with Crippen LogP contribution < -0.4 is 5.73 Å². The molecule has 0 aliphatic rings. The van der Waals surface area contributed by atoms with Gasteiger partial charge in [-0.2, -0.15) is 0 Å². The van der Waals surface area contributed by atoms with Gasteiger partial charge in [0.05, 0.1) is 10.6 Å². The average molecular weight is 362 g/mol. The van der Waals surface area contributed by atoms with Crippen LogP contribution in [0.15, 0.2) is 18.5 Å². The highest BCUT2D eigenvalue weighted by molar-refractivity contribution is 6.32. The van der Waals surface area contributed by atoms with E-state index in [1.807, 2.05) is 0 Å². The number of nitrogens with zero attached hydrogens (tertiary/aromatic N) is 2. The zero-order valence-electron chi connectivity index (χ0n) is 14.8. The van der Waals surface area contributed by atoms with Crippen molar-refractivity contribution in [2.75, 3.05) is 0 Å². The van der Waals surface area contributed by atoms with Crippen LogP contribution in [0.4, 0.5) is 4.79 Å². The minimum absolute atomic E-state index is 0.321. The largest absolute Gasteiger partial charge is 0.443 e. The van der Waals surface area contributed by atoms with Crippen LogP contribution in [0.5, 0.6) is 0 Å². The van der Waals surface area contributed by atoms with Gasteiger partial charge in [0, 0.05) is 17.8 Å². The van der Waals surface area contributed by atoms with Gasteiger partial charge in [0.2, 0.25) is 5.91 Å². The molecule has 0 saturated carbocycles. The zero-order valence-corrected chi connectivity index (χ0v) is 15.6. The Kier molecular flexibility index (Phi) is 4.83. The zero-order chi connectivity index (χ0) is 19.0. The van der Waals surface area contributed by atoms with E-state index < -0.39 is 23.0 Å². The number of primary amides is 1. The first-order chi connectivity index (χ1) is 11.4. The number of hydrogen-bond acceptors (Lipinski definition) is 4. The summed E-state index contributed by atoms with van der Waals surface area (Å²) in [5.41, 5.74) is 4.55. The SMILES string of the molecule is CC(C)(C)OC(=O)n1ccc2c(C#CC(C)(C)C(N)=O)c(Cl)cnc21. The topological polar surface area (TPSA) is 87.2 Å². The molecule has 25 heavy (non-hydrogen) atoms. The van der Waals surface area contributed by atoms with Crippen LogP contribution in [-0.4, -0.2) is 27.2 Å². The number of carbonyl (C=O) groups excluding carboxylic acids is 2. The molecule has 2 N–H and O–H groups in total. The first kappa shape index (κ1) is 18.8. The second-order valence-corrected chi connectivity index (χ2v) is 7.53. The molecule has 0 spiro atoms. The van der Waals surface area contributed by atoms with Crippen LogP contribution in [0.1, 0.15) is 40.2 Å². The number of nitrogens with two attached hydrogens (primary N) is 1. The van der Waals surface area contributed by atoms with Gasteiger partial charge in [-0.1, -0.05) is 23.4 Å². The molecule has 0 saturated heterocycles. The number of fused-ring (bicyclic) bond motifs is 1. The van der Waals surface area contributed by atoms with Crippen LogP contribution in [0.25, 0.3) is 11.0 Å². The fourth-order valence-corrected chi connectivity index (χ4v) is 2.13. The van der Waals surface area contributed by atoms with E-state index in [-0.39, 0.29) is 0 Å². The van der Waals surface area contributed by atoms with Crippen molar-refractivity contribution < 1.29 is 14.3 Å². The van der Waals surface area contributed by atoms with Gasteiger partial charge in [-0.25, -0.2) is 14.3 Å². The Morgan fingerprint density at radius 1 is 1.28 bits per heavy atom. The molecule has 1 amide bonds. The monoisotopic (exact) mass is 361 g/mol. The van der Waals surface area contributed by atoms with Crippen molar-refractivity contribution in [3.05, 3.63) is 29.0 Å². The van der Waals surface area contributed by atoms with Gasteiger partial charge in [-0.3, -0.25) is 4.79 Å². The molecule has 2 rings (SSSR count). The van der Waals surface area contributed by atoms with Crippen LogP contribution in [0.3, 0.4) is 0 Å². The lowest BCUT2D eigenvalue weighted by Crippen LogP contribution is -2.29. The van der Waals surface area contributed by atoms with Gasteiger partial charge in [-0.05, 0) is 40.7 Å². The average Bonchev–Trinajstić information content (AvgIpc) is 2.88. The Balaban J connectivity index is 2.55. The standard InChI is InChI=1S/C18H20ClN3O3/c1-17(2,3)25-16(24)22-9-7-12-11(13(19)10-21-14(12)22)6-8-18(4,5)15(20)23/h7,9-10H,1-5H3,(H2,20,23). The number of amides is 1. The molecular formula is C18H20ClN3O3. The number of hydrogen-bond donors (Lipinski definition) is 1. The molecule has 0 aliphatic heterocycles. The summed E-state index contributed by atoms with van der Waals surface area (Å²) < 4.78 is 6.65. The number of pyridine rings is 1. The van der Waals surface area contributed by atoms with Gasteiger partial charge in [0.1, 0.15) is 11.0 Å². The predicted molar refractivity (Wildman–Crippen MR) is 96.2 cm³/mol. The smallest absolute Gasteiger partial charge is 0.420 e. The van der Waals surface area contributed by atoms with Crippen molar-refractivity contribution in [3.63, 3.8) is 0 Å². The number of carbonyl (C=O) groups is 2. The van der Waals surface area contributed by atoms with Gasteiger partial charge in [-0.15, -0.1) is 0 Å². The number of rotatable bonds is 1. The Morgan fingerprint density at radius 2 is 1.92 bits per heavy atom. The summed E-state index contributed by atoms with van der Waals surface area (Å²) in [5, 5.41) is 0.910. The molecule has 2 aromatic heterocycles. The molecule has 0 radical (unpaired) electrons. The Labute approximate surface area is 151 Å². The lowest BCUT2D eigenvalue weighted by atomic mass is 9.93. The molecule has 7 heteroatoms. The van der Waals surface area contributed by atoms with Gasteiger partial charge < -0.3 is 10.5 Å². The highest BCUT2D eigenvalue weighted by Crippen LogP contribution is 2.26. The van der Waals surface area contributed by atoms with Gasteiger partial charge >= 0.3 is 6.09 Å². The van der Waals surface area contributed by atoms with E-state index in [4.69, 9.17) is 22.1 Å². The van der Waals surface area contributed by atoms with E-state index in [1.54, 1.807) is 46.9 Å². The predicted octanol–water partition coefficient (Wildman–Crippen LogP) is 3.34. The summed E-state index contributed by atoms with van der Waals surface area (Å²) in [5.74, 6) is 5.18. The Bertz CT molecular complexity index is 911. The maximum Gasteiger partial charge on any atom is 0.420 e. The molecule has 0 unspecified atom stereocenters. The Morgan fingerprint density at radius 3 is 2.48 bits per heavy atom. The van der Waals surface area contributed by atoms with Crippen LogP contribution in [0.2, 0.25) is 5.02 Å². The van der Waals surface area contributed by atoms with Gasteiger partial charge in [0.25, 0.3) is 0 Å². The summed E-state index contributed by atoms with van der Waals surface area (Å²) in [6.07, 6.45) is 2.41. The van der Waals surface area contributed by atoms with E-state index in [9.17, 15) is 9.59 Å². The molecular weight excluding hydrogens is 342 g/mol. The molecule has 132 valence electrons. The van der Waals surface area contributed by atoms with Crippen LogP contribution in [0, 0.1) is 17.3 Å². The summed E-state index contributed by atoms with van der Waals surface area (Å²) >= 11 is 6.20. The highest BCUT2D eigenvalue weighted by Gasteiger charge is 2.23. The minimum atomic E-state index is -1.01. The summed E-state index contributed by atoms with van der Waals surface area (Å²) in [6.45, 7) is 8.60. The van der Waals surface area contributed by atoms with E-state index in [2.05, 4.69) is 16.8 Å². The summed E-state index contributed by atoms with van der Waals surface area (Å²) in [6, 6.07) is 1.68. The molecule has 2 aromatic rings. The third-order valence-corrected chi connectivity index (χ3v) is 3.66. The number of ether oxygens (including phenoxy) is 1. The first-order valence-electron chi connectivity index (χ1n) is 7.64. The van der Waals surface area contributed by atoms with Crippen molar-refractivity contribution in [1.29, 1.82) is 0 Å². The van der Waals surface area contributed by atoms with Crippen molar-refractivity contribution in [2.24, 2.45) is 11.1 Å². The second-order valence-electron chi connectivity index (χ2n) is 7.12. The molecule has 0 aliphatic carbocycles. The van der Waals surface area contributed by atoms with Crippen LogP contribution in [-0.2, 0) is 9.53 Å². The fraction of sp³-hybridized carbons (Fsp3) is 0.389.